The molecule has 0 bridgehead atoms. The second-order valence-corrected chi connectivity index (χ2v) is 5.28. The number of fused-ring (bicyclic) bond motifs is 1. The normalized spacial score (nSPS) is 13.0. The Bertz CT molecular complexity index is 518. The van der Waals surface area contributed by atoms with Crippen LogP contribution in [-0.4, -0.2) is 5.24 Å². The summed E-state index contributed by atoms with van der Waals surface area (Å²) in [7, 11) is 0. The van der Waals surface area contributed by atoms with Crippen molar-refractivity contribution < 1.29 is 4.79 Å². The van der Waals surface area contributed by atoms with Crippen molar-refractivity contribution in [1.82, 2.24) is 0 Å². The van der Waals surface area contributed by atoms with E-state index in [1.54, 1.807) is 11.3 Å². The van der Waals surface area contributed by atoms with Crippen LogP contribution in [0.2, 0.25) is 5.02 Å². The largest absolute Gasteiger partial charge is 0.281 e. The van der Waals surface area contributed by atoms with Gasteiger partial charge in [-0.1, -0.05) is 17.7 Å². The van der Waals surface area contributed by atoms with Gasteiger partial charge in [0.25, 0.3) is 0 Å². The fourth-order valence-electron chi connectivity index (χ4n) is 1.35. The van der Waals surface area contributed by atoms with Crippen molar-refractivity contribution >= 4 is 49.9 Å². The molecule has 0 spiro atoms. The van der Waals surface area contributed by atoms with E-state index in [0.29, 0.717) is 5.02 Å². The lowest BCUT2D eigenvalue weighted by molar-refractivity contribution is -0.112. The van der Waals surface area contributed by atoms with E-state index in [2.05, 4.69) is 0 Å². The fourth-order valence-corrected chi connectivity index (χ4v) is 2.92. The van der Waals surface area contributed by atoms with Crippen LogP contribution in [-0.2, 0) is 4.79 Å². The fraction of sp³-hybridized carbons (Fsp3) is 0.182. The molecule has 0 aliphatic carbocycles. The highest BCUT2D eigenvalue weighted by Crippen LogP contribution is 2.33. The molecule has 1 aromatic heterocycles. The van der Waals surface area contributed by atoms with Crippen LogP contribution in [0.3, 0.4) is 0 Å². The summed E-state index contributed by atoms with van der Waals surface area (Å²) in [5, 5.41) is 1.48. The molecule has 0 saturated carbocycles. The number of halogens is 2. The first kappa shape index (κ1) is 10.9. The Hall–Kier alpha value is -0.570. The van der Waals surface area contributed by atoms with Gasteiger partial charge in [0.15, 0.2) is 0 Å². The van der Waals surface area contributed by atoms with Crippen LogP contribution in [0.1, 0.15) is 17.7 Å². The topological polar surface area (TPSA) is 17.1 Å². The molecule has 1 unspecified atom stereocenters. The van der Waals surface area contributed by atoms with E-state index in [4.69, 9.17) is 23.2 Å². The van der Waals surface area contributed by atoms with Crippen LogP contribution in [0.4, 0.5) is 0 Å². The summed E-state index contributed by atoms with van der Waals surface area (Å²) in [4.78, 5) is 12.0. The third-order valence-electron chi connectivity index (χ3n) is 2.27. The molecule has 0 saturated heterocycles. The Morgan fingerprint density at radius 2 is 2.13 bits per heavy atom. The van der Waals surface area contributed by atoms with Gasteiger partial charge in [0.2, 0.25) is 5.24 Å². The molecule has 0 fully saturated rings. The SMILES string of the molecule is CC(C(=O)Cl)c1cc2ccc(Cl)cc2s1. The molecule has 2 rings (SSSR count). The second kappa shape index (κ2) is 4.12. The zero-order valence-electron chi connectivity index (χ0n) is 7.96. The van der Waals surface area contributed by atoms with Crippen LogP contribution < -0.4 is 0 Å². The third kappa shape index (κ3) is 2.17. The Morgan fingerprint density at radius 3 is 2.80 bits per heavy atom. The Morgan fingerprint density at radius 1 is 1.40 bits per heavy atom. The molecule has 2 aromatic rings. The number of rotatable bonds is 2. The van der Waals surface area contributed by atoms with Gasteiger partial charge in [0.1, 0.15) is 0 Å². The lowest BCUT2D eigenvalue weighted by Crippen LogP contribution is -1.98. The summed E-state index contributed by atoms with van der Waals surface area (Å²) in [5.74, 6) is -0.247. The molecule has 0 amide bonds. The van der Waals surface area contributed by atoms with E-state index in [1.165, 1.54) is 0 Å². The maximum atomic E-state index is 11.0. The Kier molecular flexibility index (Phi) is 3.01. The Balaban J connectivity index is 2.51. The standard InChI is InChI=1S/C11H8Cl2OS/c1-6(11(13)14)9-4-7-2-3-8(12)5-10(7)15-9/h2-6H,1H3. The van der Waals surface area contributed by atoms with Crippen molar-refractivity contribution in [2.24, 2.45) is 0 Å². The summed E-state index contributed by atoms with van der Waals surface area (Å²) in [6.45, 7) is 1.81. The highest BCUT2D eigenvalue weighted by molar-refractivity contribution is 7.19. The summed E-state index contributed by atoms with van der Waals surface area (Å²) in [5.41, 5.74) is 0. The molecule has 0 N–H and O–H groups in total. The van der Waals surface area contributed by atoms with E-state index >= 15 is 0 Å². The lowest BCUT2D eigenvalue weighted by Gasteiger charge is -1.99. The summed E-state index contributed by atoms with van der Waals surface area (Å²) in [6.07, 6.45) is 0. The average molecular weight is 259 g/mol. The first-order valence-corrected chi connectivity index (χ1v) is 6.03. The molecule has 1 aromatic carbocycles. The molecule has 0 radical (unpaired) electrons. The zero-order chi connectivity index (χ0) is 11.0. The molecule has 78 valence electrons. The van der Waals surface area contributed by atoms with Crippen molar-refractivity contribution in [3.05, 3.63) is 34.2 Å². The van der Waals surface area contributed by atoms with Crippen LogP contribution in [0.25, 0.3) is 10.1 Å². The molecule has 0 aliphatic rings. The van der Waals surface area contributed by atoms with Crippen LogP contribution >= 0.6 is 34.5 Å². The van der Waals surface area contributed by atoms with E-state index in [-0.39, 0.29) is 11.2 Å². The first-order valence-electron chi connectivity index (χ1n) is 4.46. The average Bonchev–Trinajstić information content (AvgIpc) is 2.58. The minimum Gasteiger partial charge on any atom is -0.281 e. The van der Waals surface area contributed by atoms with Gasteiger partial charge in [0.05, 0.1) is 5.92 Å². The molecule has 1 atom stereocenters. The summed E-state index contributed by atoms with van der Waals surface area (Å²) >= 11 is 12.9. The smallest absolute Gasteiger partial charge is 0.229 e. The number of carbonyl (C=O) groups is 1. The molecular weight excluding hydrogens is 251 g/mol. The molecule has 4 heteroatoms. The molecular formula is C11H8Cl2OS. The number of carbonyl (C=O) groups excluding carboxylic acids is 1. The summed E-state index contributed by atoms with van der Waals surface area (Å²) < 4.78 is 1.09. The second-order valence-electron chi connectivity index (χ2n) is 3.36. The van der Waals surface area contributed by atoms with Crippen molar-refractivity contribution in [3.8, 4) is 0 Å². The van der Waals surface area contributed by atoms with Crippen LogP contribution in [0, 0.1) is 0 Å². The molecule has 0 aliphatic heterocycles. The van der Waals surface area contributed by atoms with Gasteiger partial charge in [-0.2, -0.15) is 0 Å². The highest BCUT2D eigenvalue weighted by Gasteiger charge is 2.15. The van der Waals surface area contributed by atoms with Crippen molar-refractivity contribution in [2.45, 2.75) is 12.8 Å². The van der Waals surface area contributed by atoms with Gasteiger partial charge in [-0.25, -0.2) is 0 Å². The predicted molar refractivity (Wildman–Crippen MR) is 66.1 cm³/mol. The minimum absolute atomic E-state index is 0.247. The van der Waals surface area contributed by atoms with Gasteiger partial charge in [-0.15, -0.1) is 11.3 Å². The lowest BCUT2D eigenvalue weighted by atomic mass is 10.1. The molecule has 1 heterocycles. The van der Waals surface area contributed by atoms with E-state index < -0.39 is 0 Å². The van der Waals surface area contributed by atoms with E-state index in [9.17, 15) is 4.79 Å². The van der Waals surface area contributed by atoms with Crippen molar-refractivity contribution in [2.75, 3.05) is 0 Å². The molecule has 15 heavy (non-hydrogen) atoms. The number of hydrogen-bond donors (Lipinski definition) is 0. The van der Waals surface area contributed by atoms with E-state index in [1.807, 2.05) is 31.2 Å². The number of benzene rings is 1. The Labute approximate surface area is 102 Å². The predicted octanol–water partition coefficient (Wildman–Crippen LogP) is 4.42. The van der Waals surface area contributed by atoms with Gasteiger partial charge in [0, 0.05) is 14.6 Å². The van der Waals surface area contributed by atoms with Crippen LogP contribution in [0.5, 0.6) is 0 Å². The molecule has 1 nitrogen and oxygen atoms in total. The maximum Gasteiger partial charge on any atom is 0.229 e. The van der Waals surface area contributed by atoms with Crippen molar-refractivity contribution in [3.63, 3.8) is 0 Å². The maximum absolute atomic E-state index is 11.0. The van der Waals surface area contributed by atoms with Crippen molar-refractivity contribution in [1.29, 1.82) is 0 Å². The van der Waals surface area contributed by atoms with Gasteiger partial charge in [-0.3, -0.25) is 4.79 Å². The first-order chi connectivity index (χ1) is 7.08. The van der Waals surface area contributed by atoms with Gasteiger partial charge < -0.3 is 0 Å². The van der Waals surface area contributed by atoms with Crippen LogP contribution in [0.15, 0.2) is 24.3 Å². The van der Waals surface area contributed by atoms with Gasteiger partial charge >= 0.3 is 0 Å². The monoisotopic (exact) mass is 258 g/mol. The highest BCUT2D eigenvalue weighted by atomic mass is 35.5. The zero-order valence-corrected chi connectivity index (χ0v) is 10.3. The number of hydrogen-bond acceptors (Lipinski definition) is 2. The quantitative estimate of drug-likeness (QED) is 0.729. The van der Waals surface area contributed by atoms with Gasteiger partial charge in [-0.05, 0) is 42.1 Å². The minimum atomic E-state index is -0.326. The summed E-state index contributed by atoms with van der Waals surface area (Å²) in [6, 6.07) is 7.68. The van der Waals surface area contributed by atoms with E-state index in [0.717, 1.165) is 15.0 Å². The number of thiophene rings is 1. The third-order valence-corrected chi connectivity index (χ3v) is 4.11.